The number of benzene rings is 1. The zero-order valence-corrected chi connectivity index (χ0v) is 12.0. The molecule has 0 spiro atoms. The maximum absolute atomic E-state index is 12.0. The molecule has 0 aliphatic rings. The number of nitriles is 1. The minimum Gasteiger partial charge on any atom is -0.393 e. The zero-order chi connectivity index (χ0) is 14.5. The third-order valence-corrected chi connectivity index (χ3v) is 4.44. The first-order valence-corrected chi connectivity index (χ1v) is 7.64. The van der Waals surface area contributed by atoms with Crippen LogP contribution in [0, 0.1) is 11.3 Å². The van der Waals surface area contributed by atoms with Crippen molar-refractivity contribution in [1.82, 2.24) is 4.72 Å². The van der Waals surface area contributed by atoms with Gasteiger partial charge >= 0.3 is 0 Å². The van der Waals surface area contributed by atoms with Crippen LogP contribution >= 0.6 is 11.6 Å². The predicted octanol–water partition coefficient (Wildman–Crippen LogP) is 1.65. The molecule has 0 aromatic heterocycles. The summed E-state index contributed by atoms with van der Waals surface area (Å²) in [6.45, 7) is 1.92. The topological polar surface area (TPSA) is 90.2 Å². The summed E-state index contributed by atoms with van der Waals surface area (Å²) in [4.78, 5) is -0.145. The van der Waals surface area contributed by atoms with Crippen molar-refractivity contribution in [2.45, 2.75) is 30.8 Å². The molecule has 0 heterocycles. The molecule has 0 fully saturated rings. The minimum atomic E-state index is -3.80. The molecule has 0 aliphatic carbocycles. The molecule has 0 saturated heterocycles. The summed E-state index contributed by atoms with van der Waals surface area (Å²) in [6.07, 6.45) is 0.332. The molecule has 0 radical (unpaired) electrons. The van der Waals surface area contributed by atoms with Crippen molar-refractivity contribution < 1.29 is 13.5 Å². The molecule has 1 rings (SSSR count). The second-order valence-corrected chi connectivity index (χ2v) is 6.12. The molecular formula is C12H15ClN2O3S. The highest BCUT2D eigenvalue weighted by Crippen LogP contribution is 2.22. The van der Waals surface area contributed by atoms with Crippen LogP contribution in [0.3, 0.4) is 0 Å². The Labute approximate surface area is 117 Å². The summed E-state index contributed by atoms with van der Waals surface area (Å²) in [6, 6.07) is 6.03. The lowest BCUT2D eigenvalue weighted by Crippen LogP contribution is -2.27. The van der Waals surface area contributed by atoms with Crippen molar-refractivity contribution in [3.05, 3.63) is 28.8 Å². The smallest absolute Gasteiger partial charge is 0.241 e. The van der Waals surface area contributed by atoms with Crippen LogP contribution in [0.15, 0.2) is 23.1 Å². The second kappa shape index (κ2) is 6.87. The highest BCUT2D eigenvalue weighted by atomic mass is 35.5. The van der Waals surface area contributed by atoms with E-state index in [2.05, 4.69) is 4.72 Å². The number of halogens is 1. The molecule has 1 atom stereocenters. The molecule has 19 heavy (non-hydrogen) atoms. The van der Waals surface area contributed by atoms with Crippen LogP contribution in [0.5, 0.6) is 0 Å². The normalized spacial score (nSPS) is 12.9. The Kier molecular flexibility index (Phi) is 5.76. The summed E-state index contributed by atoms with van der Waals surface area (Å²) in [7, 11) is -3.80. The van der Waals surface area contributed by atoms with Crippen LogP contribution in [0.2, 0.25) is 5.02 Å². The maximum atomic E-state index is 12.0. The van der Waals surface area contributed by atoms with Crippen LogP contribution in [0.1, 0.15) is 25.3 Å². The van der Waals surface area contributed by atoms with Crippen LogP contribution < -0.4 is 4.72 Å². The first-order chi connectivity index (χ1) is 8.92. The summed E-state index contributed by atoms with van der Waals surface area (Å²) in [5.74, 6) is 0. The van der Waals surface area contributed by atoms with Crippen LogP contribution in [-0.4, -0.2) is 26.2 Å². The van der Waals surface area contributed by atoms with E-state index in [0.29, 0.717) is 12.8 Å². The Morgan fingerprint density at radius 3 is 2.79 bits per heavy atom. The van der Waals surface area contributed by atoms with Gasteiger partial charge in [-0.3, -0.25) is 0 Å². The third-order valence-electron chi connectivity index (χ3n) is 2.62. The van der Waals surface area contributed by atoms with Crippen molar-refractivity contribution in [3.63, 3.8) is 0 Å². The Hall–Kier alpha value is -1.13. The number of nitrogens with one attached hydrogen (secondary N) is 1. The molecule has 7 heteroatoms. The van der Waals surface area contributed by atoms with Gasteiger partial charge in [-0.25, -0.2) is 13.1 Å². The molecular weight excluding hydrogens is 288 g/mol. The van der Waals surface area contributed by atoms with E-state index in [1.54, 1.807) is 6.07 Å². The van der Waals surface area contributed by atoms with Gasteiger partial charge < -0.3 is 5.11 Å². The summed E-state index contributed by atoms with van der Waals surface area (Å²) in [5.41, 5.74) is -0.0762. The van der Waals surface area contributed by atoms with Crippen molar-refractivity contribution in [1.29, 1.82) is 5.26 Å². The molecule has 0 amide bonds. The van der Waals surface area contributed by atoms with E-state index in [1.807, 2.05) is 6.92 Å². The molecule has 104 valence electrons. The van der Waals surface area contributed by atoms with Crippen LogP contribution in [0.4, 0.5) is 0 Å². The van der Waals surface area contributed by atoms with Gasteiger partial charge in [0.2, 0.25) is 10.0 Å². The van der Waals surface area contributed by atoms with Gasteiger partial charge in [0.05, 0.1) is 16.7 Å². The Bertz CT molecular complexity index is 581. The van der Waals surface area contributed by atoms with E-state index in [9.17, 15) is 13.5 Å². The van der Waals surface area contributed by atoms with Crippen molar-refractivity contribution >= 4 is 21.6 Å². The fraction of sp³-hybridized carbons (Fsp3) is 0.417. The average molecular weight is 303 g/mol. The van der Waals surface area contributed by atoms with Crippen molar-refractivity contribution in [3.8, 4) is 6.07 Å². The van der Waals surface area contributed by atoms with E-state index >= 15 is 0 Å². The lowest BCUT2D eigenvalue weighted by Gasteiger charge is -2.11. The first kappa shape index (κ1) is 15.9. The maximum Gasteiger partial charge on any atom is 0.241 e. The van der Waals surface area contributed by atoms with Gasteiger partial charge in [0.15, 0.2) is 0 Å². The van der Waals surface area contributed by atoms with Crippen LogP contribution in [-0.2, 0) is 10.0 Å². The first-order valence-electron chi connectivity index (χ1n) is 5.78. The van der Waals surface area contributed by atoms with Crippen molar-refractivity contribution in [2.24, 2.45) is 0 Å². The predicted molar refractivity (Wildman–Crippen MR) is 72.3 cm³/mol. The molecule has 1 aromatic carbocycles. The minimum absolute atomic E-state index is 0.0762. The average Bonchev–Trinajstić information content (AvgIpc) is 2.37. The van der Waals surface area contributed by atoms with Crippen molar-refractivity contribution in [2.75, 3.05) is 6.54 Å². The van der Waals surface area contributed by atoms with E-state index in [1.165, 1.54) is 18.2 Å². The third kappa shape index (κ3) is 4.18. The fourth-order valence-electron chi connectivity index (χ4n) is 1.48. The highest BCUT2D eigenvalue weighted by Gasteiger charge is 2.20. The van der Waals surface area contributed by atoms with Gasteiger partial charge in [-0.2, -0.15) is 5.26 Å². The number of hydrogen-bond acceptors (Lipinski definition) is 4. The number of nitrogens with zero attached hydrogens (tertiary/aromatic N) is 1. The van der Waals surface area contributed by atoms with Crippen LogP contribution in [0.25, 0.3) is 0 Å². The number of hydrogen-bond donors (Lipinski definition) is 2. The number of rotatable bonds is 6. The standard InChI is InChI=1S/C12H15ClN2O3S/c1-2-9(16)6-7-15-19(17,18)12-5-3-4-11(13)10(12)8-14/h3-5,9,15-16H,2,6-7H2,1H3. The highest BCUT2D eigenvalue weighted by molar-refractivity contribution is 7.89. The monoisotopic (exact) mass is 302 g/mol. The zero-order valence-electron chi connectivity index (χ0n) is 10.4. The lowest BCUT2D eigenvalue weighted by atomic mass is 10.2. The quantitative estimate of drug-likeness (QED) is 0.836. The molecule has 5 nitrogen and oxygen atoms in total. The van der Waals surface area contributed by atoms with Gasteiger partial charge in [-0.05, 0) is 25.0 Å². The van der Waals surface area contributed by atoms with E-state index in [0.717, 1.165) is 0 Å². The van der Waals surface area contributed by atoms with Gasteiger partial charge in [0.25, 0.3) is 0 Å². The molecule has 0 aliphatic heterocycles. The Morgan fingerprint density at radius 2 is 2.21 bits per heavy atom. The summed E-state index contributed by atoms with van der Waals surface area (Å²) < 4.78 is 26.4. The number of sulfonamides is 1. The summed E-state index contributed by atoms with van der Waals surface area (Å²) >= 11 is 5.79. The lowest BCUT2D eigenvalue weighted by molar-refractivity contribution is 0.162. The van der Waals surface area contributed by atoms with Gasteiger partial charge in [0.1, 0.15) is 11.0 Å². The SMILES string of the molecule is CCC(O)CCNS(=O)(=O)c1cccc(Cl)c1C#N. The van der Waals surface area contributed by atoms with Gasteiger partial charge in [0, 0.05) is 6.54 Å². The Morgan fingerprint density at radius 1 is 1.53 bits per heavy atom. The summed E-state index contributed by atoms with van der Waals surface area (Å²) in [5, 5.41) is 18.4. The molecule has 2 N–H and O–H groups in total. The molecule has 0 bridgehead atoms. The van der Waals surface area contributed by atoms with Gasteiger partial charge in [-0.15, -0.1) is 0 Å². The van der Waals surface area contributed by atoms with E-state index in [-0.39, 0.29) is 22.0 Å². The number of aliphatic hydroxyl groups is 1. The molecule has 1 unspecified atom stereocenters. The van der Waals surface area contributed by atoms with E-state index in [4.69, 9.17) is 16.9 Å². The molecule has 0 saturated carbocycles. The largest absolute Gasteiger partial charge is 0.393 e. The number of aliphatic hydroxyl groups excluding tert-OH is 1. The Balaban J connectivity index is 2.90. The fourth-order valence-corrected chi connectivity index (χ4v) is 2.98. The van der Waals surface area contributed by atoms with Gasteiger partial charge in [-0.1, -0.05) is 24.6 Å². The second-order valence-electron chi connectivity index (χ2n) is 3.97. The molecule has 1 aromatic rings. The van der Waals surface area contributed by atoms with E-state index < -0.39 is 16.1 Å².